The van der Waals surface area contributed by atoms with Crippen molar-refractivity contribution in [1.29, 1.82) is 0 Å². The highest BCUT2D eigenvalue weighted by atomic mass is 16.5. The molecular weight excluding hydrogens is 286 g/mol. The minimum Gasteiger partial charge on any atom is -0.489 e. The molecule has 2 aromatic carbocycles. The lowest BCUT2D eigenvalue weighted by Gasteiger charge is -2.26. The number of rotatable bonds is 7. The summed E-state index contributed by atoms with van der Waals surface area (Å²) in [5.41, 5.74) is 2.55. The Balaban J connectivity index is 1.45. The van der Waals surface area contributed by atoms with Gasteiger partial charge in [0.15, 0.2) is 0 Å². The van der Waals surface area contributed by atoms with Crippen LogP contribution in [0.25, 0.3) is 0 Å². The van der Waals surface area contributed by atoms with E-state index >= 15 is 0 Å². The third kappa shape index (κ3) is 5.38. The second-order valence-electron chi connectivity index (χ2n) is 5.98. The van der Waals surface area contributed by atoms with Crippen LogP contribution in [0, 0.1) is 0 Å². The van der Waals surface area contributed by atoms with Gasteiger partial charge >= 0.3 is 0 Å². The van der Waals surface area contributed by atoms with E-state index < -0.39 is 0 Å². The lowest BCUT2D eigenvalue weighted by molar-refractivity contribution is 0.0374. The quantitative estimate of drug-likeness (QED) is 0.781. The maximum absolute atomic E-state index is 5.90. The van der Waals surface area contributed by atoms with E-state index in [0.29, 0.717) is 6.61 Å². The molecule has 0 spiro atoms. The SMILES string of the molecule is c1ccc(COc2cccc(CCCN3CCOCC3)c2)cc1. The zero-order valence-electron chi connectivity index (χ0n) is 13.6. The minimum absolute atomic E-state index is 0.623. The monoisotopic (exact) mass is 311 g/mol. The number of morpholine rings is 1. The first-order valence-corrected chi connectivity index (χ1v) is 8.46. The third-order valence-corrected chi connectivity index (χ3v) is 4.19. The van der Waals surface area contributed by atoms with Gasteiger partial charge in [0.05, 0.1) is 13.2 Å². The fourth-order valence-corrected chi connectivity index (χ4v) is 2.86. The zero-order chi connectivity index (χ0) is 15.7. The molecule has 3 heteroatoms. The molecule has 0 amide bonds. The van der Waals surface area contributed by atoms with Crippen molar-refractivity contribution in [2.75, 3.05) is 32.8 Å². The molecule has 1 aliphatic heterocycles. The van der Waals surface area contributed by atoms with Crippen molar-refractivity contribution in [2.45, 2.75) is 19.4 Å². The van der Waals surface area contributed by atoms with Crippen LogP contribution in [-0.4, -0.2) is 37.7 Å². The first-order valence-electron chi connectivity index (χ1n) is 8.46. The van der Waals surface area contributed by atoms with Gasteiger partial charge in [-0.25, -0.2) is 0 Å². The molecule has 1 aliphatic rings. The highest BCUT2D eigenvalue weighted by Gasteiger charge is 2.09. The summed E-state index contributed by atoms with van der Waals surface area (Å²) in [7, 11) is 0. The number of ether oxygens (including phenoxy) is 2. The Hall–Kier alpha value is -1.84. The molecule has 122 valence electrons. The van der Waals surface area contributed by atoms with Crippen LogP contribution in [0.3, 0.4) is 0 Å². The van der Waals surface area contributed by atoms with E-state index in [-0.39, 0.29) is 0 Å². The van der Waals surface area contributed by atoms with Gasteiger partial charge in [-0.2, -0.15) is 0 Å². The molecule has 0 aromatic heterocycles. The zero-order valence-corrected chi connectivity index (χ0v) is 13.6. The van der Waals surface area contributed by atoms with Gasteiger partial charge in [0, 0.05) is 13.1 Å². The lowest BCUT2D eigenvalue weighted by atomic mass is 10.1. The Labute approximate surface area is 138 Å². The largest absolute Gasteiger partial charge is 0.489 e. The van der Waals surface area contributed by atoms with E-state index in [9.17, 15) is 0 Å². The van der Waals surface area contributed by atoms with E-state index in [1.807, 2.05) is 24.3 Å². The summed E-state index contributed by atoms with van der Waals surface area (Å²) in [5, 5.41) is 0. The molecule has 3 nitrogen and oxygen atoms in total. The molecular formula is C20H25NO2. The highest BCUT2D eigenvalue weighted by molar-refractivity contribution is 5.29. The molecule has 0 N–H and O–H groups in total. The molecule has 2 aromatic rings. The Morgan fingerprint density at radius 2 is 1.70 bits per heavy atom. The molecule has 1 heterocycles. The third-order valence-electron chi connectivity index (χ3n) is 4.19. The highest BCUT2D eigenvalue weighted by Crippen LogP contribution is 2.16. The second-order valence-corrected chi connectivity index (χ2v) is 5.98. The number of nitrogens with zero attached hydrogens (tertiary/aromatic N) is 1. The van der Waals surface area contributed by atoms with Crippen LogP contribution in [0.1, 0.15) is 17.5 Å². The predicted octanol–water partition coefficient (Wildman–Crippen LogP) is 3.53. The van der Waals surface area contributed by atoms with E-state index in [2.05, 4.69) is 35.2 Å². The summed E-state index contributed by atoms with van der Waals surface area (Å²) in [6, 6.07) is 18.8. The molecule has 1 saturated heterocycles. The number of hydrogen-bond donors (Lipinski definition) is 0. The second kappa shape index (κ2) is 8.70. The Morgan fingerprint density at radius 3 is 2.52 bits per heavy atom. The topological polar surface area (TPSA) is 21.7 Å². The summed E-state index contributed by atoms with van der Waals surface area (Å²) >= 11 is 0. The smallest absolute Gasteiger partial charge is 0.120 e. The fraction of sp³-hybridized carbons (Fsp3) is 0.400. The van der Waals surface area contributed by atoms with Crippen molar-refractivity contribution in [2.24, 2.45) is 0 Å². The van der Waals surface area contributed by atoms with E-state index in [1.165, 1.54) is 17.5 Å². The number of hydrogen-bond acceptors (Lipinski definition) is 3. The molecule has 3 rings (SSSR count). The van der Waals surface area contributed by atoms with Gasteiger partial charge in [-0.05, 0) is 42.6 Å². The van der Waals surface area contributed by atoms with Crippen LogP contribution in [-0.2, 0) is 17.8 Å². The van der Waals surface area contributed by atoms with Crippen LogP contribution >= 0.6 is 0 Å². The van der Waals surface area contributed by atoms with Gasteiger partial charge in [-0.1, -0.05) is 42.5 Å². The normalized spacial score (nSPS) is 15.5. The molecule has 0 bridgehead atoms. The average Bonchev–Trinajstić information content (AvgIpc) is 2.62. The standard InChI is InChI=1S/C20H25NO2/c1-2-6-19(7-3-1)17-23-20-10-4-8-18(16-20)9-5-11-21-12-14-22-15-13-21/h1-4,6-8,10,16H,5,9,11-15,17H2. The summed E-state index contributed by atoms with van der Waals surface area (Å²) in [5.74, 6) is 0.956. The molecule has 0 atom stereocenters. The fourth-order valence-electron chi connectivity index (χ4n) is 2.86. The van der Waals surface area contributed by atoms with Crippen LogP contribution in [0.2, 0.25) is 0 Å². The van der Waals surface area contributed by atoms with Crippen molar-refractivity contribution >= 4 is 0 Å². The average molecular weight is 311 g/mol. The van der Waals surface area contributed by atoms with E-state index in [1.54, 1.807) is 0 Å². The predicted molar refractivity (Wildman–Crippen MR) is 92.8 cm³/mol. The van der Waals surface area contributed by atoms with E-state index in [0.717, 1.165) is 45.0 Å². The Bertz CT molecular complexity index is 579. The first-order chi connectivity index (χ1) is 11.4. The van der Waals surface area contributed by atoms with Crippen molar-refractivity contribution in [3.63, 3.8) is 0 Å². The molecule has 0 aliphatic carbocycles. The molecule has 0 unspecified atom stereocenters. The van der Waals surface area contributed by atoms with Crippen LogP contribution in [0.4, 0.5) is 0 Å². The number of aryl methyl sites for hydroxylation is 1. The van der Waals surface area contributed by atoms with Crippen molar-refractivity contribution in [3.8, 4) is 5.75 Å². The molecule has 1 fully saturated rings. The van der Waals surface area contributed by atoms with Crippen LogP contribution in [0.5, 0.6) is 5.75 Å². The molecule has 0 saturated carbocycles. The summed E-state index contributed by atoms with van der Waals surface area (Å²) in [6.07, 6.45) is 2.28. The van der Waals surface area contributed by atoms with Crippen molar-refractivity contribution in [1.82, 2.24) is 4.90 Å². The summed E-state index contributed by atoms with van der Waals surface area (Å²) in [4.78, 5) is 2.49. The van der Waals surface area contributed by atoms with Gasteiger partial charge in [-0.3, -0.25) is 4.90 Å². The number of benzene rings is 2. The van der Waals surface area contributed by atoms with E-state index in [4.69, 9.17) is 9.47 Å². The Kier molecular flexibility index (Phi) is 6.07. The van der Waals surface area contributed by atoms with Gasteiger partial charge in [0.25, 0.3) is 0 Å². The van der Waals surface area contributed by atoms with Gasteiger partial charge in [0.1, 0.15) is 12.4 Å². The maximum atomic E-state index is 5.90. The summed E-state index contributed by atoms with van der Waals surface area (Å²) in [6.45, 7) is 5.67. The van der Waals surface area contributed by atoms with Gasteiger partial charge in [0.2, 0.25) is 0 Å². The van der Waals surface area contributed by atoms with Crippen LogP contribution in [0.15, 0.2) is 54.6 Å². The Morgan fingerprint density at radius 1 is 0.913 bits per heavy atom. The van der Waals surface area contributed by atoms with Crippen molar-refractivity contribution in [3.05, 3.63) is 65.7 Å². The minimum atomic E-state index is 0.623. The maximum Gasteiger partial charge on any atom is 0.120 e. The van der Waals surface area contributed by atoms with Crippen molar-refractivity contribution < 1.29 is 9.47 Å². The van der Waals surface area contributed by atoms with Crippen LogP contribution < -0.4 is 4.74 Å². The molecule has 23 heavy (non-hydrogen) atoms. The lowest BCUT2D eigenvalue weighted by Crippen LogP contribution is -2.36. The van der Waals surface area contributed by atoms with Gasteiger partial charge in [-0.15, -0.1) is 0 Å². The van der Waals surface area contributed by atoms with Gasteiger partial charge < -0.3 is 9.47 Å². The molecule has 0 radical (unpaired) electrons. The summed E-state index contributed by atoms with van der Waals surface area (Å²) < 4.78 is 11.3. The first kappa shape index (κ1) is 16.0.